The molecule has 3 aromatic rings. The number of esters is 1. The molecule has 0 spiro atoms. The predicted molar refractivity (Wildman–Crippen MR) is 119 cm³/mol. The number of ether oxygens (including phenoxy) is 1. The molecule has 0 atom stereocenters. The van der Waals surface area contributed by atoms with E-state index in [9.17, 15) is 19.3 Å². The van der Waals surface area contributed by atoms with Gasteiger partial charge < -0.3 is 15.4 Å². The van der Waals surface area contributed by atoms with Gasteiger partial charge in [-0.05, 0) is 36.8 Å². The molecule has 0 fully saturated rings. The summed E-state index contributed by atoms with van der Waals surface area (Å²) < 4.78 is 19.1. The van der Waals surface area contributed by atoms with E-state index < -0.39 is 16.7 Å². The number of thiophene rings is 1. The molecule has 0 amide bonds. The Kier molecular flexibility index (Phi) is 6.70. The maximum Gasteiger partial charge on any atom is 0.341 e. The minimum atomic E-state index is -0.702. The van der Waals surface area contributed by atoms with Crippen LogP contribution in [0.2, 0.25) is 0 Å². The second kappa shape index (κ2) is 9.42. The first-order valence-corrected chi connectivity index (χ1v) is 9.99. The van der Waals surface area contributed by atoms with Crippen molar-refractivity contribution in [2.24, 2.45) is 0 Å². The van der Waals surface area contributed by atoms with Crippen molar-refractivity contribution in [3.8, 4) is 10.4 Å². The van der Waals surface area contributed by atoms with Crippen LogP contribution in [-0.4, -0.2) is 22.6 Å². The lowest BCUT2D eigenvalue weighted by molar-refractivity contribution is -0.384. The van der Waals surface area contributed by atoms with Crippen LogP contribution in [0.3, 0.4) is 0 Å². The zero-order valence-corrected chi connectivity index (χ0v) is 17.3. The van der Waals surface area contributed by atoms with Gasteiger partial charge in [0.1, 0.15) is 10.8 Å². The van der Waals surface area contributed by atoms with Crippen LogP contribution >= 0.6 is 23.6 Å². The summed E-state index contributed by atoms with van der Waals surface area (Å²) in [5.41, 5.74) is 0.754. The molecule has 0 aliphatic carbocycles. The van der Waals surface area contributed by atoms with Crippen molar-refractivity contribution in [1.82, 2.24) is 0 Å². The molecule has 30 heavy (non-hydrogen) atoms. The Morgan fingerprint density at radius 3 is 2.60 bits per heavy atom. The van der Waals surface area contributed by atoms with Crippen molar-refractivity contribution in [2.75, 3.05) is 17.2 Å². The molecule has 0 saturated carbocycles. The third-order valence-electron chi connectivity index (χ3n) is 3.92. The highest BCUT2D eigenvalue weighted by Crippen LogP contribution is 2.36. The van der Waals surface area contributed by atoms with Crippen LogP contribution in [-0.2, 0) is 4.74 Å². The summed E-state index contributed by atoms with van der Waals surface area (Å²) in [7, 11) is 0. The van der Waals surface area contributed by atoms with Crippen molar-refractivity contribution in [3.05, 3.63) is 76.1 Å². The molecule has 0 bridgehead atoms. The molecular formula is C20H16FN3O4S2. The maximum absolute atomic E-state index is 14.0. The number of nitrogens with one attached hydrogen (secondary N) is 2. The summed E-state index contributed by atoms with van der Waals surface area (Å²) in [5.74, 6) is -1.23. The van der Waals surface area contributed by atoms with Crippen molar-refractivity contribution in [1.29, 1.82) is 0 Å². The Labute approximate surface area is 180 Å². The minimum Gasteiger partial charge on any atom is -0.462 e. The second-order valence-corrected chi connectivity index (χ2v) is 7.40. The topological polar surface area (TPSA) is 93.5 Å². The number of hydrogen-bond acceptors (Lipinski definition) is 6. The highest BCUT2D eigenvalue weighted by Gasteiger charge is 2.20. The quantitative estimate of drug-likeness (QED) is 0.226. The largest absolute Gasteiger partial charge is 0.462 e. The molecule has 1 heterocycles. The van der Waals surface area contributed by atoms with Gasteiger partial charge in [0, 0.05) is 17.0 Å². The van der Waals surface area contributed by atoms with Gasteiger partial charge in [0.15, 0.2) is 5.11 Å². The van der Waals surface area contributed by atoms with Crippen LogP contribution in [0.15, 0.2) is 54.6 Å². The third-order valence-corrected chi connectivity index (χ3v) is 5.23. The Balaban J connectivity index is 1.87. The number of rotatable bonds is 6. The van der Waals surface area contributed by atoms with Crippen LogP contribution in [0.1, 0.15) is 17.3 Å². The smallest absolute Gasteiger partial charge is 0.341 e. The number of carbonyl (C=O) groups is 1. The van der Waals surface area contributed by atoms with E-state index in [4.69, 9.17) is 17.0 Å². The van der Waals surface area contributed by atoms with E-state index in [1.165, 1.54) is 11.3 Å². The van der Waals surface area contributed by atoms with Gasteiger partial charge in [0.25, 0.3) is 5.69 Å². The minimum absolute atomic E-state index is 0.0265. The van der Waals surface area contributed by atoms with E-state index in [2.05, 4.69) is 10.6 Å². The summed E-state index contributed by atoms with van der Waals surface area (Å²) in [4.78, 5) is 23.5. The van der Waals surface area contributed by atoms with Crippen molar-refractivity contribution >= 4 is 51.0 Å². The molecule has 0 unspecified atom stereocenters. The molecule has 0 aliphatic rings. The van der Waals surface area contributed by atoms with E-state index in [0.717, 1.165) is 28.6 Å². The van der Waals surface area contributed by atoms with E-state index in [-0.39, 0.29) is 28.7 Å². The Hall–Kier alpha value is -3.37. The number of hydrogen-bond donors (Lipinski definition) is 2. The number of thiocarbonyl (C=S) groups is 1. The molecule has 0 saturated heterocycles. The molecule has 7 nitrogen and oxygen atoms in total. The fraction of sp³-hybridized carbons (Fsp3) is 0.100. The van der Waals surface area contributed by atoms with Crippen LogP contribution in [0, 0.1) is 15.9 Å². The fourth-order valence-corrected chi connectivity index (χ4v) is 3.90. The molecule has 3 rings (SSSR count). The van der Waals surface area contributed by atoms with Gasteiger partial charge in [-0.2, -0.15) is 0 Å². The molecule has 10 heteroatoms. The predicted octanol–water partition coefficient (Wildman–Crippen LogP) is 5.45. The van der Waals surface area contributed by atoms with Crippen LogP contribution < -0.4 is 10.6 Å². The highest BCUT2D eigenvalue weighted by atomic mass is 32.1. The fourth-order valence-electron chi connectivity index (χ4n) is 2.57. The zero-order valence-electron chi connectivity index (χ0n) is 15.7. The second-order valence-electron chi connectivity index (χ2n) is 5.94. The van der Waals surface area contributed by atoms with E-state index in [1.807, 2.05) is 30.3 Å². The number of non-ortho nitro benzene ring substituents is 1. The summed E-state index contributed by atoms with van der Waals surface area (Å²) in [6, 6.07) is 14.2. The average molecular weight is 445 g/mol. The number of nitro groups is 1. The van der Waals surface area contributed by atoms with Crippen LogP contribution in [0.5, 0.6) is 0 Å². The lowest BCUT2D eigenvalue weighted by Gasteiger charge is -2.11. The first-order chi connectivity index (χ1) is 14.4. The molecule has 0 radical (unpaired) electrons. The van der Waals surface area contributed by atoms with E-state index in [0.29, 0.717) is 5.00 Å². The van der Waals surface area contributed by atoms with E-state index >= 15 is 0 Å². The normalized spacial score (nSPS) is 10.3. The standard InChI is InChI=1S/C20H16FN3O4S2/c1-2-28-19(25)14-11-17(12-6-4-3-5-7-12)30-18(14)23-20(29)22-16-10-13(24(26)27)8-9-15(16)21/h3-11H,2H2,1H3,(H2,22,23,29). The van der Waals surface area contributed by atoms with Gasteiger partial charge in [-0.3, -0.25) is 10.1 Å². The van der Waals surface area contributed by atoms with Crippen molar-refractivity contribution in [3.63, 3.8) is 0 Å². The maximum atomic E-state index is 14.0. The molecule has 2 N–H and O–H groups in total. The monoisotopic (exact) mass is 445 g/mol. The van der Waals surface area contributed by atoms with Crippen molar-refractivity contribution < 1.29 is 18.8 Å². The van der Waals surface area contributed by atoms with Gasteiger partial charge in [-0.25, -0.2) is 9.18 Å². The molecule has 1 aromatic heterocycles. The number of nitro benzene ring substituents is 1. The molecule has 0 aliphatic heterocycles. The number of benzene rings is 2. The van der Waals surface area contributed by atoms with Gasteiger partial charge in [-0.15, -0.1) is 11.3 Å². The van der Waals surface area contributed by atoms with Crippen LogP contribution in [0.4, 0.5) is 20.8 Å². The number of nitrogens with zero attached hydrogens (tertiary/aromatic N) is 1. The lowest BCUT2D eigenvalue weighted by atomic mass is 10.1. The van der Waals surface area contributed by atoms with Crippen LogP contribution in [0.25, 0.3) is 10.4 Å². The molecule has 154 valence electrons. The molecule has 2 aromatic carbocycles. The number of carbonyl (C=O) groups excluding carboxylic acids is 1. The van der Waals surface area contributed by atoms with Gasteiger partial charge >= 0.3 is 5.97 Å². The summed E-state index contributed by atoms with van der Waals surface area (Å²) in [6.45, 7) is 1.91. The Bertz CT molecular complexity index is 1100. The Morgan fingerprint density at radius 1 is 1.20 bits per heavy atom. The summed E-state index contributed by atoms with van der Waals surface area (Å²) >= 11 is 6.50. The SMILES string of the molecule is CCOC(=O)c1cc(-c2ccccc2)sc1NC(=S)Nc1cc([N+](=O)[O-])ccc1F. The first kappa shape index (κ1) is 21.3. The average Bonchev–Trinajstić information content (AvgIpc) is 3.14. The Morgan fingerprint density at radius 2 is 1.93 bits per heavy atom. The molecular weight excluding hydrogens is 429 g/mol. The number of halogens is 1. The van der Waals surface area contributed by atoms with Gasteiger partial charge in [0.2, 0.25) is 0 Å². The van der Waals surface area contributed by atoms with Gasteiger partial charge in [-0.1, -0.05) is 30.3 Å². The summed E-state index contributed by atoms with van der Waals surface area (Å²) in [5, 5.41) is 16.8. The van der Waals surface area contributed by atoms with E-state index in [1.54, 1.807) is 13.0 Å². The van der Waals surface area contributed by atoms with Gasteiger partial charge in [0.05, 0.1) is 22.8 Å². The first-order valence-electron chi connectivity index (χ1n) is 8.77. The highest BCUT2D eigenvalue weighted by molar-refractivity contribution is 7.80. The van der Waals surface area contributed by atoms with Crippen molar-refractivity contribution in [2.45, 2.75) is 6.92 Å². The zero-order chi connectivity index (χ0) is 21.7. The summed E-state index contributed by atoms with van der Waals surface area (Å²) in [6.07, 6.45) is 0. The lowest BCUT2D eigenvalue weighted by Crippen LogP contribution is -2.20. The third kappa shape index (κ3) is 4.97. The number of anilines is 2.